The number of hydrogen-bond acceptors (Lipinski definition) is 4. The third kappa shape index (κ3) is 5.40. The maximum absolute atomic E-state index is 12.7. The van der Waals surface area contributed by atoms with E-state index in [9.17, 15) is 9.90 Å². The van der Waals surface area contributed by atoms with E-state index in [4.69, 9.17) is 0 Å². The Kier molecular flexibility index (Phi) is 8.10. The molecule has 1 fully saturated rings. The minimum Gasteiger partial charge on any atom is -0.508 e. The van der Waals surface area contributed by atoms with Gasteiger partial charge in [-0.3, -0.25) is 14.6 Å². The molecule has 1 aliphatic heterocycles. The molecule has 0 aliphatic carbocycles. The van der Waals surface area contributed by atoms with Crippen LogP contribution in [-0.2, 0) is 0 Å². The molecule has 0 radical (unpaired) electrons. The van der Waals surface area contributed by atoms with Gasteiger partial charge < -0.3 is 10.0 Å². The molecule has 3 atom stereocenters. The fraction of sp³-hybridized carbons (Fsp3) is 0.444. The van der Waals surface area contributed by atoms with Gasteiger partial charge in [0.25, 0.3) is 5.91 Å². The quantitative estimate of drug-likeness (QED) is 0.618. The molecule has 1 N–H and O–H groups in total. The van der Waals surface area contributed by atoms with Gasteiger partial charge in [-0.15, -0.1) is 6.58 Å². The molecular weight excluding hydrogens is 398 g/mol. The van der Waals surface area contributed by atoms with Gasteiger partial charge in [0.2, 0.25) is 0 Å². The largest absolute Gasteiger partial charge is 0.508 e. The Labute approximate surface area is 193 Å². The molecule has 0 spiro atoms. The highest BCUT2D eigenvalue weighted by molar-refractivity contribution is 5.94. The number of piperazine rings is 1. The second kappa shape index (κ2) is 10.8. The van der Waals surface area contributed by atoms with E-state index >= 15 is 0 Å². The van der Waals surface area contributed by atoms with E-state index in [0.29, 0.717) is 17.6 Å². The molecule has 1 heterocycles. The molecule has 1 saturated heterocycles. The van der Waals surface area contributed by atoms with E-state index in [2.05, 4.69) is 55.3 Å². The summed E-state index contributed by atoms with van der Waals surface area (Å²) in [5.74, 6) is 0.318. The first-order chi connectivity index (χ1) is 15.3. The molecule has 5 nitrogen and oxygen atoms in total. The fourth-order valence-electron chi connectivity index (χ4n) is 4.74. The number of hydrogen-bond donors (Lipinski definition) is 1. The minimum atomic E-state index is 0.00274. The number of benzene rings is 2. The average Bonchev–Trinajstić information content (AvgIpc) is 2.77. The highest BCUT2D eigenvalue weighted by Gasteiger charge is 2.34. The number of carbonyl (C=O) groups is 1. The molecule has 3 rings (SSSR count). The Balaban J connectivity index is 1.94. The maximum atomic E-state index is 12.7. The number of amides is 1. The summed E-state index contributed by atoms with van der Waals surface area (Å²) in [6, 6.07) is 16.3. The van der Waals surface area contributed by atoms with Crippen molar-refractivity contribution >= 4 is 5.91 Å². The summed E-state index contributed by atoms with van der Waals surface area (Å²) in [6.45, 7) is 14.0. The van der Waals surface area contributed by atoms with Crippen LogP contribution in [0, 0.1) is 0 Å². The van der Waals surface area contributed by atoms with Crippen LogP contribution in [-0.4, -0.2) is 71.0 Å². The number of phenols is 1. The summed E-state index contributed by atoms with van der Waals surface area (Å²) < 4.78 is 0. The average molecular weight is 436 g/mol. The van der Waals surface area contributed by atoms with E-state index in [1.54, 1.807) is 11.0 Å². The molecule has 5 heteroatoms. The Morgan fingerprint density at radius 2 is 1.88 bits per heavy atom. The molecule has 0 saturated carbocycles. The fourth-order valence-corrected chi connectivity index (χ4v) is 4.74. The van der Waals surface area contributed by atoms with Crippen molar-refractivity contribution in [3.05, 3.63) is 77.9 Å². The first-order valence-corrected chi connectivity index (χ1v) is 11.6. The highest BCUT2D eigenvalue weighted by atomic mass is 16.3. The lowest BCUT2D eigenvalue weighted by Crippen LogP contribution is -2.57. The van der Waals surface area contributed by atoms with Crippen molar-refractivity contribution in [1.29, 1.82) is 0 Å². The van der Waals surface area contributed by atoms with E-state index in [1.807, 2.05) is 37.4 Å². The lowest BCUT2D eigenvalue weighted by atomic mass is 9.92. The van der Waals surface area contributed by atoms with E-state index in [1.165, 1.54) is 0 Å². The van der Waals surface area contributed by atoms with Crippen molar-refractivity contribution in [2.75, 3.05) is 33.2 Å². The third-order valence-corrected chi connectivity index (χ3v) is 6.42. The smallest absolute Gasteiger partial charge is 0.253 e. The zero-order chi connectivity index (χ0) is 23.3. The number of nitrogens with zero attached hydrogens (tertiary/aromatic N) is 3. The van der Waals surface area contributed by atoms with Gasteiger partial charge in [0, 0.05) is 50.9 Å². The van der Waals surface area contributed by atoms with Crippen molar-refractivity contribution in [2.24, 2.45) is 0 Å². The van der Waals surface area contributed by atoms with Gasteiger partial charge in [-0.1, -0.05) is 37.3 Å². The van der Waals surface area contributed by atoms with Crippen molar-refractivity contribution in [2.45, 2.75) is 45.3 Å². The zero-order valence-electron chi connectivity index (χ0n) is 19.9. The van der Waals surface area contributed by atoms with Crippen LogP contribution in [0.4, 0.5) is 0 Å². The standard InChI is InChI=1S/C27H37N3O2/c1-6-15-28(5)27(32)23-13-11-22(12-14-23)26(24-9-8-10-25(31)17-24)30-19-20(3)29(16-7-2)18-21(30)4/h7-14,17,20-21,26,31H,2,6,15-16,18-19H2,1,3-5H3/t20-,21+,26-/m1/s1. The van der Waals surface area contributed by atoms with Gasteiger partial charge in [-0.05, 0) is 55.7 Å². The van der Waals surface area contributed by atoms with Crippen molar-refractivity contribution in [3.8, 4) is 5.75 Å². The summed E-state index contributed by atoms with van der Waals surface area (Å²) in [5.41, 5.74) is 2.89. The number of carbonyl (C=O) groups excluding carboxylic acids is 1. The van der Waals surface area contributed by atoms with E-state index < -0.39 is 0 Å². The molecular formula is C27H37N3O2. The molecule has 2 aromatic carbocycles. The molecule has 1 aliphatic rings. The third-order valence-electron chi connectivity index (χ3n) is 6.42. The number of phenolic OH excluding ortho intramolecular Hbond substituents is 1. The summed E-state index contributed by atoms with van der Waals surface area (Å²) in [7, 11) is 1.85. The lowest BCUT2D eigenvalue weighted by Gasteiger charge is -2.47. The predicted molar refractivity (Wildman–Crippen MR) is 131 cm³/mol. The van der Waals surface area contributed by atoms with Gasteiger partial charge in [-0.2, -0.15) is 0 Å². The zero-order valence-corrected chi connectivity index (χ0v) is 19.9. The number of rotatable bonds is 8. The minimum absolute atomic E-state index is 0.00274. The molecule has 0 bridgehead atoms. The van der Waals surface area contributed by atoms with Gasteiger partial charge in [0.05, 0.1) is 6.04 Å². The van der Waals surface area contributed by atoms with Gasteiger partial charge in [0.15, 0.2) is 0 Å². The van der Waals surface area contributed by atoms with Crippen molar-refractivity contribution in [3.63, 3.8) is 0 Å². The van der Waals surface area contributed by atoms with Crippen LogP contribution in [0.2, 0.25) is 0 Å². The highest BCUT2D eigenvalue weighted by Crippen LogP contribution is 2.34. The van der Waals surface area contributed by atoms with E-state index in [0.717, 1.165) is 43.7 Å². The summed E-state index contributed by atoms with van der Waals surface area (Å²) in [6.07, 6.45) is 2.91. The van der Waals surface area contributed by atoms with E-state index in [-0.39, 0.29) is 17.7 Å². The molecule has 0 aromatic heterocycles. The van der Waals surface area contributed by atoms with Gasteiger partial charge >= 0.3 is 0 Å². The second-order valence-electron chi connectivity index (χ2n) is 8.98. The van der Waals surface area contributed by atoms with Gasteiger partial charge in [0.1, 0.15) is 5.75 Å². The topological polar surface area (TPSA) is 47.0 Å². The summed E-state index contributed by atoms with van der Waals surface area (Å²) >= 11 is 0. The SMILES string of the molecule is C=CCN1C[C@H](C)N([C@H](c2ccc(C(=O)N(C)CCC)cc2)c2cccc(O)c2)C[C@H]1C. The number of aromatic hydroxyl groups is 1. The maximum Gasteiger partial charge on any atom is 0.253 e. The van der Waals surface area contributed by atoms with Crippen LogP contribution in [0.25, 0.3) is 0 Å². The molecule has 32 heavy (non-hydrogen) atoms. The molecule has 0 unspecified atom stereocenters. The Hall–Kier alpha value is -2.63. The first-order valence-electron chi connectivity index (χ1n) is 11.6. The van der Waals surface area contributed by atoms with Gasteiger partial charge in [-0.25, -0.2) is 0 Å². The van der Waals surface area contributed by atoms with Crippen LogP contribution < -0.4 is 0 Å². The van der Waals surface area contributed by atoms with Crippen LogP contribution in [0.5, 0.6) is 5.75 Å². The predicted octanol–water partition coefficient (Wildman–Crippen LogP) is 4.54. The normalized spacial score (nSPS) is 20.6. The molecule has 1 amide bonds. The van der Waals surface area contributed by atoms with Crippen molar-refractivity contribution < 1.29 is 9.90 Å². The van der Waals surface area contributed by atoms with Crippen LogP contribution >= 0.6 is 0 Å². The molecule has 2 aromatic rings. The van der Waals surface area contributed by atoms with Crippen LogP contribution in [0.1, 0.15) is 54.7 Å². The second-order valence-corrected chi connectivity index (χ2v) is 8.98. The first kappa shape index (κ1) is 24.0. The van der Waals surface area contributed by atoms with Crippen molar-refractivity contribution in [1.82, 2.24) is 14.7 Å². The molecule has 172 valence electrons. The Bertz CT molecular complexity index is 911. The Morgan fingerprint density at radius 3 is 2.50 bits per heavy atom. The van der Waals surface area contributed by atoms with Crippen LogP contribution in [0.15, 0.2) is 61.2 Å². The Morgan fingerprint density at radius 1 is 1.16 bits per heavy atom. The monoisotopic (exact) mass is 435 g/mol. The lowest BCUT2D eigenvalue weighted by molar-refractivity contribution is 0.0306. The van der Waals surface area contributed by atoms with Crippen LogP contribution in [0.3, 0.4) is 0 Å². The summed E-state index contributed by atoms with van der Waals surface area (Å²) in [4.78, 5) is 19.4. The summed E-state index contributed by atoms with van der Waals surface area (Å²) in [5, 5.41) is 10.2.